The highest BCUT2D eigenvalue weighted by atomic mass is 16.2. The third-order valence-electron chi connectivity index (χ3n) is 4.18. The molecule has 0 saturated carbocycles. The van der Waals surface area contributed by atoms with Gasteiger partial charge in [0.1, 0.15) is 5.54 Å². The summed E-state index contributed by atoms with van der Waals surface area (Å²) in [5.41, 5.74) is 2.71. The molecule has 1 N–H and O–H groups in total. The maximum Gasteiger partial charge on any atom is 0.248 e. The largest absolute Gasteiger partial charge is 0.342 e. The lowest BCUT2D eigenvalue weighted by atomic mass is 10.0. The molecule has 1 heterocycles. The van der Waals surface area contributed by atoms with Gasteiger partial charge in [0.05, 0.1) is 0 Å². The van der Waals surface area contributed by atoms with E-state index in [-0.39, 0.29) is 17.9 Å². The first-order chi connectivity index (χ1) is 9.70. The van der Waals surface area contributed by atoms with Gasteiger partial charge >= 0.3 is 0 Å². The van der Waals surface area contributed by atoms with Gasteiger partial charge in [0.15, 0.2) is 0 Å². The van der Waals surface area contributed by atoms with Crippen molar-refractivity contribution in [1.29, 1.82) is 0 Å². The monoisotopic (exact) mass is 288 g/mol. The smallest absolute Gasteiger partial charge is 0.248 e. The molecule has 2 rings (SSSR count). The fourth-order valence-electron chi connectivity index (χ4n) is 2.72. The van der Waals surface area contributed by atoms with Crippen LogP contribution in [-0.2, 0) is 16.1 Å². The number of carbonyl (C=O) groups excluding carboxylic acids is 2. The number of nitrogens with one attached hydrogen (secondary N) is 1. The van der Waals surface area contributed by atoms with Crippen LogP contribution >= 0.6 is 0 Å². The van der Waals surface area contributed by atoms with Crippen LogP contribution in [0.2, 0.25) is 0 Å². The first-order valence-electron chi connectivity index (χ1n) is 7.39. The molecule has 0 spiro atoms. The highest BCUT2D eigenvalue weighted by molar-refractivity contribution is 5.93. The Morgan fingerprint density at radius 1 is 1.24 bits per heavy atom. The summed E-state index contributed by atoms with van der Waals surface area (Å²) in [6, 6.07) is 6.14. The third-order valence-corrected chi connectivity index (χ3v) is 4.18. The number of amides is 2. The second kappa shape index (κ2) is 5.51. The Labute approximate surface area is 126 Å². The minimum Gasteiger partial charge on any atom is -0.342 e. The van der Waals surface area contributed by atoms with E-state index < -0.39 is 5.54 Å². The van der Waals surface area contributed by atoms with Gasteiger partial charge in [-0.3, -0.25) is 9.59 Å². The average Bonchev–Trinajstić information content (AvgIpc) is 2.43. The van der Waals surface area contributed by atoms with Gasteiger partial charge in [0, 0.05) is 19.0 Å². The van der Waals surface area contributed by atoms with Crippen molar-refractivity contribution in [3.8, 4) is 0 Å². The maximum atomic E-state index is 12.7. The Bertz CT molecular complexity index is 578. The summed E-state index contributed by atoms with van der Waals surface area (Å²) < 4.78 is 0. The van der Waals surface area contributed by atoms with E-state index in [1.165, 1.54) is 11.1 Å². The van der Waals surface area contributed by atoms with Gasteiger partial charge in [0.25, 0.3) is 0 Å². The molecule has 0 radical (unpaired) electrons. The number of hydrogen-bond acceptors (Lipinski definition) is 2. The van der Waals surface area contributed by atoms with Crippen LogP contribution in [0.3, 0.4) is 0 Å². The molecule has 1 aromatic carbocycles. The van der Waals surface area contributed by atoms with Crippen LogP contribution in [0.4, 0.5) is 0 Å². The molecule has 4 nitrogen and oxygen atoms in total. The number of rotatable bonds is 2. The Balaban J connectivity index is 2.29. The summed E-state index contributed by atoms with van der Waals surface area (Å²) in [5.74, 6) is -0.0949. The molecule has 1 aromatic rings. The zero-order chi connectivity index (χ0) is 15.8. The zero-order valence-electron chi connectivity index (χ0n) is 13.5. The average molecular weight is 288 g/mol. The molecular formula is C17H24N2O2. The predicted octanol–water partition coefficient (Wildman–Crippen LogP) is 2.32. The summed E-state index contributed by atoms with van der Waals surface area (Å²) in [4.78, 5) is 26.4. The zero-order valence-corrected chi connectivity index (χ0v) is 13.5. The quantitative estimate of drug-likeness (QED) is 0.908. The molecule has 1 atom stereocenters. The van der Waals surface area contributed by atoms with E-state index in [2.05, 4.69) is 37.4 Å². The summed E-state index contributed by atoms with van der Waals surface area (Å²) in [7, 11) is 0. The van der Waals surface area contributed by atoms with Crippen molar-refractivity contribution in [3.63, 3.8) is 0 Å². The van der Waals surface area contributed by atoms with Crippen molar-refractivity contribution >= 4 is 11.8 Å². The van der Waals surface area contributed by atoms with Gasteiger partial charge in [0.2, 0.25) is 11.8 Å². The van der Waals surface area contributed by atoms with Crippen LogP contribution < -0.4 is 5.32 Å². The van der Waals surface area contributed by atoms with E-state index in [1.807, 2.05) is 11.8 Å². The SMILES string of the molecule is Cc1ccc(CN2C(=O)C(C)(C)NC(=O)CC2C)cc1C. The van der Waals surface area contributed by atoms with Crippen LogP contribution in [0.15, 0.2) is 18.2 Å². The highest BCUT2D eigenvalue weighted by Gasteiger charge is 2.39. The van der Waals surface area contributed by atoms with E-state index in [0.29, 0.717) is 13.0 Å². The number of carbonyl (C=O) groups is 2. The second-order valence-corrected chi connectivity index (χ2v) is 6.58. The van der Waals surface area contributed by atoms with Crippen LogP contribution in [0.25, 0.3) is 0 Å². The predicted molar refractivity (Wildman–Crippen MR) is 82.8 cm³/mol. The van der Waals surface area contributed by atoms with Gasteiger partial charge in [-0.15, -0.1) is 0 Å². The standard InChI is InChI=1S/C17H24N2O2/c1-11-6-7-14(8-12(11)2)10-19-13(3)9-15(20)18-17(4,5)16(19)21/h6-8,13H,9-10H2,1-5H3,(H,18,20). The van der Waals surface area contributed by atoms with Crippen molar-refractivity contribution in [2.24, 2.45) is 0 Å². The van der Waals surface area contributed by atoms with Gasteiger partial charge < -0.3 is 10.2 Å². The molecule has 1 unspecified atom stereocenters. The highest BCUT2D eigenvalue weighted by Crippen LogP contribution is 2.21. The summed E-state index contributed by atoms with van der Waals surface area (Å²) in [6.07, 6.45) is 0.347. The lowest BCUT2D eigenvalue weighted by molar-refractivity contribution is -0.139. The Morgan fingerprint density at radius 2 is 1.90 bits per heavy atom. The molecule has 21 heavy (non-hydrogen) atoms. The van der Waals surface area contributed by atoms with Gasteiger partial charge in [-0.1, -0.05) is 18.2 Å². The van der Waals surface area contributed by atoms with E-state index in [0.717, 1.165) is 5.56 Å². The molecule has 0 bridgehead atoms. The molecule has 0 aliphatic carbocycles. The molecule has 1 fully saturated rings. The lowest BCUT2D eigenvalue weighted by Crippen LogP contribution is -2.53. The number of benzene rings is 1. The molecule has 114 valence electrons. The molecule has 1 aliphatic rings. The number of aryl methyl sites for hydroxylation is 2. The number of hydrogen-bond donors (Lipinski definition) is 1. The molecule has 1 saturated heterocycles. The normalized spacial score (nSPS) is 22.0. The van der Waals surface area contributed by atoms with Crippen LogP contribution in [0, 0.1) is 13.8 Å². The molecule has 2 amide bonds. The van der Waals surface area contributed by atoms with Crippen molar-refractivity contribution in [2.75, 3.05) is 0 Å². The minimum atomic E-state index is -0.846. The summed E-state index contributed by atoms with van der Waals surface area (Å²) >= 11 is 0. The van der Waals surface area contributed by atoms with E-state index in [4.69, 9.17) is 0 Å². The van der Waals surface area contributed by atoms with E-state index in [9.17, 15) is 9.59 Å². The van der Waals surface area contributed by atoms with Crippen LogP contribution in [-0.4, -0.2) is 28.3 Å². The van der Waals surface area contributed by atoms with Crippen molar-refractivity contribution in [3.05, 3.63) is 34.9 Å². The maximum absolute atomic E-state index is 12.7. The third kappa shape index (κ3) is 3.26. The van der Waals surface area contributed by atoms with Gasteiger partial charge in [-0.2, -0.15) is 0 Å². The van der Waals surface area contributed by atoms with Gasteiger partial charge in [-0.25, -0.2) is 0 Å². The van der Waals surface area contributed by atoms with Crippen LogP contribution in [0.5, 0.6) is 0 Å². The first-order valence-corrected chi connectivity index (χ1v) is 7.39. The van der Waals surface area contributed by atoms with Crippen molar-refractivity contribution in [2.45, 2.75) is 59.2 Å². The lowest BCUT2D eigenvalue weighted by Gasteiger charge is -2.32. The molecule has 1 aliphatic heterocycles. The fourth-order valence-corrected chi connectivity index (χ4v) is 2.72. The fraction of sp³-hybridized carbons (Fsp3) is 0.529. The van der Waals surface area contributed by atoms with Crippen molar-refractivity contribution < 1.29 is 9.59 Å². The van der Waals surface area contributed by atoms with Crippen molar-refractivity contribution in [1.82, 2.24) is 10.2 Å². The van der Waals surface area contributed by atoms with Gasteiger partial charge in [-0.05, 0) is 51.3 Å². The number of nitrogens with zero attached hydrogens (tertiary/aromatic N) is 1. The molecule has 4 heteroatoms. The summed E-state index contributed by atoms with van der Waals surface area (Å²) in [6.45, 7) is 10.1. The topological polar surface area (TPSA) is 49.4 Å². The van der Waals surface area contributed by atoms with E-state index in [1.54, 1.807) is 13.8 Å². The molecular weight excluding hydrogens is 264 g/mol. The Morgan fingerprint density at radius 3 is 2.52 bits per heavy atom. The first kappa shape index (κ1) is 15.5. The Hall–Kier alpha value is -1.84. The van der Waals surface area contributed by atoms with E-state index >= 15 is 0 Å². The molecule has 0 aromatic heterocycles. The second-order valence-electron chi connectivity index (χ2n) is 6.58. The Kier molecular flexibility index (Phi) is 4.08. The van der Waals surface area contributed by atoms with Crippen LogP contribution in [0.1, 0.15) is 43.9 Å². The minimum absolute atomic E-state index is 0.0286. The summed E-state index contributed by atoms with van der Waals surface area (Å²) in [5, 5.41) is 2.80.